The van der Waals surface area contributed by atoms with Gasteiger partial charge in [-0.15, -0.1) is 0 Å². The maximum Gasteiger partial charge on any atom is 0.308 e. The van der Waals surface area contributed by atoms with Gasteiger partial charge in [0.05, 0.1) is 30.8 Å². The average Bonchev–Trinajstić information content (AvgIpc) is 3.07. The van der Waals surface area contributed by atoms with E-state index in [0.717, 1.165) is 5.56 Å². The summed E-state index contributed by atoms with van der Waals surface area (Å²) in [5.74, 6) is -2.15. The average molecular weight is 355 g/mol. The van der Waals surface area contributed by atoms with E-state index in [4.69, 9.17) is 4.74 Å². The Morgan fingerprint density at radius 3 is 2.54 bits per heavy atom. The number of carboxylic acid groups (broad SMARTS) is 1. The van der Waals surface area contributed by atoms with Crippen LogP contribution in [0.25, 0.3) is 0 Å². The van der Waals surface area contributed by atoms with Crippen molar-refractivity contribution in [3.63, 3.8) is 0 Å². The largest absolute Gasteiger partial charge is 0.481 e. The number of benzene rings is 1. The molecule has 2 atom stereocenters. The van der Waals surface area contributed by atoms with E-state index in [0.29, 0.717) is 31.2 Å². The predicted octanol–water partition coefficient (Wildman–Crippen LogP) is 1.86. The summed E-state index contributed by atoms with van der Waals surface area (Å²) in [6.07, 6.45) is 1.49. The second-order valence-electron chi connectivity index (χ2n) is 6.31. The topological polar surface area (TPSA) is 91.8 Å². The molecular formula is C19H21N3O4. The van der Waals surface area contributed by atoms with E-state index in [2.05, 4.69) is 10.3 Å². The van der Waals surface area contributed by atoms with Gasteiger partial charge in [-0.3, -0.25) is 14.5 Å². The lowest BCUT2D eigenvalue weighted by atomic mass is 9.95. The van der Waals surface area contributed by atoms with Crippen LogP contribution >= 0.6 is 0 Å². The number of likely N-dealkylation sites (tertiary alicyclic amines) is 1. The number of methoxy groups -OCH3 is 1. The minimum Gasteiger partial charge on any atom is -0.481 e. The SMILES string of the molecule is COc1ccc(NC(=O)[C@H]2CN(Cc3ccccc3)C[C@H]2C(=O)O)cn1. The fourth-order valence-corrected chi connectivity index (χ4v) is 3.18. The summed E-state index contributed by atoms with van der Waals surface area (Å²) in [5.41, 5.74) is 1.61. The van der Waals surface area contributed by atoms with E-state index < -0.39 is 17.8 Å². The third-order valence-corrected chi connectivity index (χ3v) is 4.51. The lowest BCUT2D eigenvalue weighted by Crippen LogP contribution is -2.32. The van der Waals surface area contributed by atoms with Gasteiger partial charge in [-0.05, 0) is 11.6 Å². The highest BCUT2D eigenvalue weighted by molar-refractivity contribution is 5.95. The van der Waals surface area contributed by atoms with Crippen LogP contribution in [0.4, 0.5) is 5.69 Å². The molecule has 1 fully saturated rings. The highest BCUT2D eigenvalue weighted by Gasteiger charge is 2.41. The minimum absolute atomic E-state index is 0.306. The van der Waals surface area contributed by atoms with Crippen molar-refractivity contribution in [3.8, 4) is 5.88 Å². The number of carboxylic acids is 1. The summed E-state index contributed by atoms with van der Waals surface area (Å²) in [7, 11) is 1.51. The molecule has 2 aromatic rings. The highest BCUT2D eigenvalue weighted by Crippen LogP contribution is 2.27. The smallest absolute Gasteiger partial charge is 0.308 e. The van der Waals surface area contributed by atoms with Gasteiger partial charge in [0, 0.05) is 25.7 Å². The molecule has 1 aromatic heterocycles. The van der Waals surface area contributed by atoms with Crippen molar-refractivity contribution in [3.05, 3.63) is 54.2 Å². The Kier molecular flexibility index (Phi) is 5.48. The summed E-state index contributed by atoms with van der Waals surface area (Å²) in [4.78, 5) is 30.3. The summed E-state index contributed by atoms with van der Waals surface area (Å²) in [6, 6.07) is 13.1. The molecule has 0 unspecified atom stereocenters. The van der Waals surface area contributed by atoms with Gasteiger partial charge in [-0.1, -0.05) is 30.3 Å². The number of nitrogens with zero attached hydrogens (tertiary/aromatic N) is 2. The first-order valence-corrected chi connectivity index (χ1v) is 8.37. The number of hydrogen-bond acceptors (Lipinski definition) is 5. The maximum atomic E-state index is 12.6. The van der Waals surface area contributed by atoms with Crippen LogP contribution in [-0.2, 0) is 16.1 Å². The number of ether oxygens (including phenoxy) is 1. The van der Waals surface area contributed by atoms with Gasteiger partial charge in [-0.25, -0.2) is 4.98 Å². The van der Waals surface area contributed by atoms with E-state index in [1.807, 2.05) is 35.2 Å². The molecule has 26 heavy (non-hydrogen) atoms. The van der Waals surface area contributed by atoms with Gasteiger partial charge in [0.1, 0.15) is 0 Å². The molecule has 7 nitrogen and oxygen atoms in total. The zero-order valence-corrected chi connectivity index (χ0v) is 14.5. The van der Waals surface area contributed by atoms with Crippen molar-refractivity contribution < 1.29 is 19.4 Å². The van der Waals surface area contributed by atoms with Crippen LogP contribution in [0.1, 0.15) is 5.56 Å². The standard InChI is InChI=1S/C19H21N3O4/c1-26-17-8-7-14(9-20-17)21-18(23)15-11-22(12-16(15)19(24)25)10-13-5-3-2-4-6-13/h2-9,15-16H,10-12H2,1H3,(H,21,23)(H,24,25)/t15-,16+/m0/s1. The molecule has 1 amide bonds. The van der Waals surface area contributed by atoms with E-state index in [1.165, 1.54) is 13.3 Å². The van der Waals surface area contributed by atoms with Crippen LogP contribution in [0.3, 0.4) is 0 Å². The van der Waals surface area contributed by atoms with E-state index in [-0.39, 0.29) is 5.91 Å². The fraction of sp³-hybridized carbons (Fsp3) is 0.316. The number of aliphatic carboxylic acids is 1. The fourth-order valence-electron chi connectivity index (χ4n) is 3.18. The second-order valence-corrected chi connectivity index (χ2v) is 6.31. The molecule has 0 radical (unpaired) electrons. The van der Waals surface area contributed by atoms with Gasteiger partial charge in [-0.2, -0.15) is 0 Å². The van der Waals surface area contributed by atoms with Gasteiger partial charge >= 0.3 is 5.97 Å². The van der Waals surface area contributed by atoms with Crippen LogP contribution in [0.2, 0.25) is 0 Å². The first kappa shape index (κ1) is 17.9. The van der Waals surface area contributed by atoms with E-state index in [9.17, 15) is 14.7 Å². The highest BCUT2D eigenvalue weighted by atomic mass is 16.5. The van der Waals surface area contributed by atoms with Crippen LogP contribution < -0.4 is 10.1 Å². The molecule has 0 spiro atoms. The molecule has 1 aliphatic rings. The van der Waals surface area contributed by atoms with Crippen molar-refractivity contribution in [2.24, 2.45) is 11.8 Å². The van der Waals surface area contributed by atoms with E-state index >= 15 is 0 Å². The van der Waals surface area contributed by atoms with Crippen molar-refractivity contribution in [2.45, 2.75) is 6.54 Å². The number of amides is 1. The molecule has 0 aliphatic carbocycles. The number of carbonyl (C=O) groups is 2. The first-order chi connectivity index (χ1) is 12.6. The number of rotatable bonds is 6. The van der Waals surface area contributed by atoms with Crippen LogP contribution in [-0.4, -0.2) is 47.1 Å². The Hall–Kier alpha value is -2.93. The lowest BCUT2D eigenvalue weighted by Gasteiger charge is -2.16. The third kappa shape index (κ3) is 4.18. The molecule has 0 saturated carbocycles. The molecule has 2 N–H and O–H groups in total. The molecule has 1 aliphatic heterocycles. The number of anilines is 1. The molecule has 0 bridgehead atoms. The van der Waals surface area contributed by atoms with Crippen molar-refractivity contribution >= 4 is 17.6 Å². The number of nitrogens with one attached hydrogen (secondary N) is 1. The van der Waals surface area contributed by atoms with Crippen LogP contribution in [0.15, 0.2) is 48.7 Å². The Morgan fingerprint density at radius 2 is 1.92 bits per heavy atom. The molecule has 3 rings (SSSR count). The molecule has 1 aromatic carbocycles. The molecular weight excluding hydrogens is 334 g/mol. The Morgan fingerprint density at radius 1 is 1.19 bits per heavy atom. The predicted molar refractivity (Wildman–Crippen MR) is 95.8 cm³/mol. The second kappa shape index (κ2) is 7.97. The molecule has 2 heterocycles. The summed E-state index contributed by atoms with van der Waals surface area (Å²) < 4.78 is 4.98. The summed E-state index contributed by atoms with van der Waals surface area (Å²) >= 11 is 0. The first-order valence-electron chi connectivity index (χ1n) is 8.37. The quantitative estimate of drug-likeness (QED) is 0.822. The monoisotopic (exact) mass is 355 g/mol. The molecule has 136 valence electrons. The third-order valence-electron chi connectivity index (χ3n) is 4.51. The summed E-state index contributed by atoms with van der Waals surface area (Å²) in [6.45, 7) is 1.38. The Balaban J connectivity index is 1.67. The number of carbonyl (C=O) groups excluding carboxylic acids is 1. The normalized spacial score (nSPS) is 19.9. The summed E-state index contributed by atoms with van der Waals surface area (Å²) in [5, 5.41) is 12.3. The zero-order chi connectivity index (χ0) is 18.5. The van der Waals surface area contributed by atoms with Crippen molar-refractivity contribution in [1.29, 1.82) is 0 Å². The maximum absolute atomic E-state index is 12.6. The molecule has 7 heteroatoms. The lowest BCUT2D eigenvalue weighted by molar-refractivity contribution is -0.144. The minimum atomic E-state index is -0.950. The zero-order valence-electron chi connectivity index (χ0n) is 14.5. The molecule has 1 saturated heterocycles. The van der Waals surface area contributed by atoms with Gasteiger partial charge < -0.3 is 15.2 Å². The van der Waals surface area contributed by atoms with Gasteiger partial charge in [0.15, 0.2) is 0 Å². The van der Waals surface area contributed by atoms with Gasteiger partial charge in [0.2, 0.25) is 11.8 Å². The number of pyridine rings is 1. The van der Waals surface area contributed by atoms with Crippen molar-refractivity contribution in [1.82, 2.24) is 9.88 Å². The van der Waals surface area contributed by atoms with Gasteiger partial charge in [0.25, 0.3) is 0 Å². The number of hydrogen-bond donors (Lipinski definition) is 2. The van der Waals surface area contributed by atoms with Crippen LogP contribution in [0, 0.1) is 11.8 Å². The Bertz CT molecular complexity index is 764. The van der Waals surface area contributed by atoms with Crippen LogP contribution in [0.5, 0.6) is 5.88 Å². The van der Waals surface area contributed by atoms with Crippen molar-refractivity contribution in [2.75, 3.05) is 25.5 Å². The van der Waals surface area contributed by atoms with E-state index in [1.54, 1.807) is 12.1 Å². The number of aromatic nitrogens is 1. The Labute approximate surface area is 151 Å².